The monoisotopic (exact) mass is 222 g/mol. The highest BCUT2D eigenvalue weighted by atomic mass is 16.6. The molecular formula is C10H10N2O4. The van der Waals surface area contributed by atoms with Crippen molar-refractivity contribution in [2.45, 2.75) is 24.9 Å². The van der Waals surface area contributed by atoms with E-state index in [2.05, 4.69) is 0 Å². The van der Waals surface area contributed by atoms with Gasteiger partial charge in [0.1, 0.15) is 0 Å². The van der Waals surface area contributed by atoms with Crippen molar-refractivity contribution in [1.29, 1.82) is 0 Å². The van der Waals surface area contributed by atoms with Gasteiger partial charge in [0.2, 0.25) is 12.1 Å². The summed E-state index contributed by atoms with van der Waals surface area (Å²) >= 11 is 0. The minimum absolute atomic E-state index is 0.0169. The topological polar surface area (TPSA) is 86.3 Å². The Balaban J connectivity index is 2.41. The van der Waals surface area contributed by atoms with E-state index in [9.17, 15) is 20.2 Å². The SMILES string of the molecule is O=[N+]([O-])C1Cc2ccccc2C([N+](=O)[O-])C1. The van der Waals surface area contributed by atoms with Crippen molar-refractivity contribution in [3.63, 3.8) is 0 Å². The summed E-state index contributed by atoms with van der Waals surface area (Å²) in [5.74, 6) is 0. The van der Waals surface area contributed by atoms with Crippen LogP contribution in [0.1, 0.15) is 23.6 Å². The lowest BCUT2D eigenvalue weighted by molar-refractivity contribution is -0.567. The fourth-order valence-electron chi connectivity index (χ4n) is 2.13. The number of nitro groups is 2. The summed E-state index contributed by atoms with van der Waals surface area (Å²) in [6.45, 7) is 0. The molecule has 1 aromatic carbocycles. The molecule has 0 aliphatic heterocycles. The maximum atomic E-state index is 10.9. The molecule has 1 aliphatic rings. The van der Waals surface area contributed by atoms with E-state index in [-0.39, 0.29) is 12.8 Å². The van der Waals surface area contributed by atoms with Crippen molar-refractivity contribution < 1.29 is 9.85 Å². The molecule has 0 bridgehead atoms. The molecule has 0 heterocycles. The fourth-order valence-corrected chi connectivity index (χ4v) is 2.13. The van der Waals surface area contributed by atoms with Crippen molar-refractivity contribution in [3.05, 3.63) is 55.6 Å². The molecule has 1 aromatic rings. The molecule has 84 valence electrons. The first-order valence-corrected chi connectivity index (χ1v) is 4.94. The van der Waals surface area contributed by atoms with Crippen molar-refractivity contribution in [2.24, 2.45) is 0 Å². The van der Waals surface area contributed by atoms with Gasteiger partial charge in [0, 0.05) is 21.8 Å². The maximum absolute atomic E-state index is 10.9. The summed E-state index contributed by atoms with van der Waals surface area (Å²) in [4.78, 5) is 20.7. The molecule has 0 saturated heterocycles. The highest BCUT2D eigenvalue weighted by Crippen LogP contribution is 2.32. The van der Waals surface area contributed by atoms with Crippen LogP contribution in [0.4, 0.5) is 0 Å². The highest BCUT2D eigenvalue weighted by molar-refractivity contribution is 5.31. The van der Waals surface area contributed by atoms with Crippen molar-refractivity contribution >= 4 is 0 Å². The molecule has 2 rings (SSSR count). The molecule has 6 heteroatoms. The first kappa shape index (κ1) is 10.5. The van der Waals surface area contributed by atoms with Gasteiger partial charge >= 0.3 is 0 Å². The van der Waals surface area contributed by atoms with E-state index in [1.165, 1.54) is 0 Å². The summed E-state index contributed by atoms with van der Waals surface area (Å²) in [5, 5.41) is 21.6. The van der Waals surface area contributed by atoms with Crippen LogP contribution in [0.3, 0.4) is 0 Å². The van der Waals surface area contributed by atoms with Crippen LogP contribution in [-0.4, -0.2) is 15.9 Å². The Kier molecular flexibility index (Phi) is 2.55. The fraction of sp³-hybridized carbons (Fsp3) is 0.400. The first-order valence-electron chi connectivity index (χ1n) is 4.94. The Hall–Kier alpha value is -1.98. The van der Waals surface area contributed by atoms with Gasteiger partial charge in [0.15, 0.2) is 0 Å². The average Bonchev–Trinajstić information content (AvgIpc) is 2.27. The van der Waals surface area contributed by atoms with Crippen LogP contribution in [-0.2, 0) is 6.42 Å². The van der Waals surface area contributed by atoms with Gasteiger partial charge in [-0.1, -0.05) is 24.3 Å². The molecule has 16 heavy (non-hydrogen) atoms. The van der Waals surface area contributed by atoms with Crippen LogP contribution in [0.5, 0.6) is 0 Å². The lowest BCUT2D eigenvalue weighted by Crippen LogP contribution is -2.32. The van der Waals surface area contributed by atoms with E-state index in [0.717, 1.165) is 5.56 Å². The van der Waals surface area contributed by atoms with E-state index in [0.29, 0.717) is 5.56 Å². The predicted molar refractivity (Wildman–Crippen MR) is 55.3 cm³/mol. The predicted octanol–water partition coefficient (Wildman–Crippen LogP) is 1.60. The Morgan fingerprint density at radius 2 is 1.81 bits per heavy atom. The summed E-state index contributed by atoms with van der Waals surface area (Å²) in [7, 11) is 0. The molecule has 2 atom stereocenters. The number of benzene rings is 1. The molecule has 1 aliphatic carbocycles. The Labute approximate surface area is 91.2 Å². The average molecular weight is 222 g/mol. The molecule has 0 fully saturated rings. The summed E-state index contributed by atoms with van der Waals surface area (Å²) in [6, 6.07) is 5.09. The number of rotatable bonds is 2. The normalized spacial score (nSPS) is 23.5. The minimum atomic E-state index is -0.944. The molecule has 0 N–H and O–H groups in total. The Bertz CT molecular complexity index is 446. The van der Waals surface area contributed by atoms with Gasteiger partial charge in [-0.2, -0.15) is 0 Å². The van der Waals surface area contributed by atoms with Gasteiger partial charge in [0.05, 0.1) is 6.42 Å². The van der Waals surface area contributed by atoms with Gasteiger partial charge in [-0.3, -0.25) is 20.2 Å². The van der Waals surface area contributed by atoms with Crippen LogP contribution in [0.25, 0.3) is 0 Å². The molecule has 2 unspecified atom stereocenters. The van der Waals surface area contributed by atoms with Gasteiger partial charge in [-0.05, 0) is 5.56 Å². The van der Waals surface area contributed by atoms with Gasteiger partial charge in [-0.15, -0.1) is 0 Å². The van der Waals surface area contributed by atoms with Crippen molar-refractivity contribution in [1.82, 2.24) is 0 Å². The zero-order chi connectivity index (χ0) is 11.7. The van der Waals surface area contributed by atoms with Crippen LogP contribution >= 0.6 is 0 Å². The lowest BCUT2D eigenvalue weighted by atomic mass is 9.85. The smallest absolute Gasteiger partial charge is 0.244 e. The minimum Gasteiger partial charge on any atom is -0.264 e. The first-order chi connectivity index (χ1) is 7.59. The maximum Gasteiger partial charge on any atom is 0.244 e. The largest absolute Gasteiger partial charge is 0.264 e. The number of fused-ring (bicyclic) bond motifs is 1. The van der Waals surface area contributed by atoms with Crippen LogP contribution in [0.2, 0.25) is 0 Å². The number of hydrogen-bond donors (Lipinski definition) is 0. The summed E-state index contributed by atoms with van der Waals surface area (Å²) in [5.41, 5.74) is 1.34. The third-order valence-corrected chi connectivity index (χ3v) is 2.92. The Morgan fingerprint density at radius 3 is 2.44 bits per heavy atom. The van der Waals surface area contributed by atoms with E-state index in [1.807, 2.05) is 0 Å². The number of hydrogen-bond acceptors (Lipinski definition) is 4. The molecule has 0 saturated carbocycles. The van der Waals surface area contributed by atoms with Crippen molar-refractivity contribution in [2.75, 3.05) is 0 Å². The highest BCUT2D eigenvalue weighted by Gasteiger charge is 2.39. The summed E-state index contributed by atoms with van der Waals surface area (Å²) < 4.78 is 0. The van der Waals surface area contributed by atoms with E-state index >= 15 is 0 Å². The zero-order valence-corrected chi connectivity index (χ0v) is 8.41. The molecule has 0 amide bonds. The lowest BCUT2D eigenvalue weighted by Gasteiger charge is -2.21. The van der Waals surface area contributed by atoms with E-state index < -0.39 is 21.9 Å². The second kappa shape index (κ2) is 3.88. The second-order valence-corrected chi connectivity index (χ2v) is 3.88. The second-order valence-electron chi connectivity index (χ2n) is 3.88. The molecule has 6 nitrogen and oxygen atoms in total. The van der Waals surface area contributed by atoms with Gasteiger partial charge in [0.25, 0.3) is 0 Å². The molecular weight excluding hydrogens is 212 g/mol. The van der Waals surface area contributed by atoms with Crippen molar-refractivity contribution in [3.8, 4) is 0 Å². The quantitative estimate of drug-likeness (QED) is 0.561. The summed E-state index contributed by atoms with van der Waals surface area (Å²) in [6.07, 6.45) is 0.268. The van der Waals surface area contributed by atoms with E-state index in [4.69, 9.17) is 0 Å². The zero-order valence-electron chi connectivity index (χ0n) is 8.41. The number of nitrogens with zero attached hydrogens (tertiary/aromatic N) is 2. The third-order valence-electron chi connectivity index (χ3n) is 2.92. The van der Waals surface area contributed by atoms with Gasteiger partial charge < -0.3 is 0 Å². The van der Waals surface area contributed by atoms with Gasteiger partial charge in [-0.25, -0.2) is 0 Å². The van der Waals surface area contributed by atoms with E-state index in [1.54, 1.807) is 24.3 Å². The molecule has 0 aromatic heterocycles. The van der Waals surface area contributed by atoms with Crippen LogP contribution in [0.15, 0.2) is 24.3 Å². The Morgan fingerprint density at radius 1 is 1.12 bits per heavy atom. The molecule has 0 spiro atoms. The standard InChI is InChI=1S/C10H10N2O4/c13-11(14)8-5-7-3-1-2-4-9(7)10(6-8)12(15)16/h1-4,8,10H,5-6H2. The third kappa shape index (κ3) is 1.73. The molecule has 0 radical (unpaired) electrons. The van der Waals surface area contributed by atoms with Crippen LogP contribution < -0.4 is 0 Å². The van der Waals surface area contributed by atoms with Crippen LogP contribution in [0, 0.1) is 20.2 Å².